The SMILES string of the molecule is CC(C)c1ccc(NC(=O)c2ccc(Nc3ccc4c(c3)OCCO4)nn2)cc1. The molecule has 7 heteroatoms. The number of hydrogen-bond donors (Lipinski definition) is 2. The second-order valence-electron chi connectivity index (χ2n) is 7.02. The topological polar surface area (TPSA) is 85.4 Å². The first-order chi connectivity index (χ1) is 14.1. The molecule has 2 heterocycles. The Balaban J connectivity index is 1.40. The smallest absolute Gasteiger partial charge is 0.276 e. The third-order valence-electron chi connectivity index (χ3n) is 4.55. The molecule has 1 aliphatic rings. The summed E-state index contributed by atoms with van der Waals surface area (Å²) in [5, 5.41) is 14.1. The van der Waals surface area contributed by atoms with Crippen LogP contribution in [0.15, 0.2) is 54.6 Å². The number of amides is 1. The highest BCUT2D eigenvalue weighted by Gasteiger charge is 2.13. The number of benzene rings is 2. The number of anilines is 3. The molecule has 2 aromatic carbocycles. The van der Waals surface area contributed by atoms with E-state index >= 15 is 0 Å². The summed E-state index contributed by atoms with van der Waals surface area (Å²) in [5.41, 5.74) is 2.98. The number of fused-ring (bicyclic) bond motifs is 1. The Bertz CT molecular complexity index is 1000. The first kappa shape index (κ1) is 18.7. The van der Waals surface area contributed by atoms with Gasteiger partial charge in [0.05, 0.1) is 0 Å². The van der Waals surface area contributed by atoms with Crippen LogP contribution in [-0.2, 0) is 0 Å². The van der Waals surface area contributed by atoms with Gasteiger partial charge < -0.3 is 20.1 Å². The van der Waals surface area contributed by atoms with Crippen LogP contribution in [0.4, 0.5) is 17.2 Å². The molecule has 0 saturated heterocycles. The Labute approximate surface area is 169 Å². The first-order valence-electron chi connectivity index (χ1n) is 9.50. The predicted octanol–water partition coefficient (Wildman–Crippen LogP) is 4.37. The van der Waals surface area contributed by atoms with Gasteiger partial charge in [-0.1, -0.05) is 26.0 Å². The summed E-state index contributed by atoms with van der Waals surface area (Å²) in [6, 6.07) is 16.7. The Kier molecular flexibility index (Phi) is 5.29. The minimum Gasteiger partial charge on any atom is -0.486 e. The maximum absolute atomic E-state index is 12.4. The van der Waals surface area contributed by atoms with Crippen LogP contribution in [0, 0.1) is 0 Å². The summed E-state index contributed by atoms with van der Waals surface area (Å²) in [6.07, 6.45) is 0. The van der Waals surface area contributed by atoms with Crippen molar-refractivity contribution in [2.75, 3.05) is 23.8 Å². The molecule has 0 spiro atoms. The first-order valence-corrected chi connectivity index (χ1v) is 9.50. The second-order valence-corrected chi connectivity index (χ2v) is 7.02. The minimum absolute atomic E-state index is 0.241. The molecule has 148 valence electrons. The van der Waals surface area contributed by atoms with Crippen molar-refractivity contribution in [3.63, 3.8) is 0 Å². The standard InChI is InChI=1S/C22H22N4O3/c1-14(2)15-3-5-16(6-4-15)24-22(27)18-8-10-21(26-25-18)23-17-7-9-19-20(13-17)29-12-11-28-19/h3-10,13-14H,11-12H2,1-2H3,(H,23,26)(H,24,27). The third-order valence-corrected chi connectivity index (χ3v) is 4.55. The van der Waals surface area contributed by atoms with Crippen molar-refractivity contribution in [2.24, 2.45) is 0 Å². The van der Waals surface area contributed by atoms with E-state index in [-0.39, 0.29) is 11.6 Å². The maximum Gasteiger partial charge on any atom is 0.276 e. The summed E-state index contributed by atoms with van der Waals surface area (Å²) in [5.74, 6) is 2.08. The maximum atomic E-state index is 12.4. The lowest BCUT2D eigenvalue weighted by Crippen LogP contribution is -2.15. The second kappa shape index (κ2) is 8.18. The van der Waals surface area contributed by atoms with Crippen molar-refractivity contribution in [1.82, 2.24) is 10.2 Å². The van der Waals surface area contributed by atoms with E-state index in [0.717, 1.165) is 17.1 Å². The summed E-state index contributed by atoms with van der Waals surface area (Å²) >= 11 is 0. The zero-order valence-corrected chi connectivity index (χ0v) is 16.3. The van der Waals surface area contributed by atoms with Crippen LogP contribution in [-0.4, -0.2) is 29.3 Å². The molecule has 0 fully saturated rings. The molecule has 0 bridgehead atoms. The molecule has 1 amide bonds. The molecule has 0 atom stereocenters. The van der Waals surface area contributed by atoms with Crippen molar-refractivity contribution in [3.8, 4) is 11.5 Å². The largest absolute Gasteiger partial charge is 0.486 e. The van der Waals surface area contributed by atoms with E-state index in [1.807, 2.05) is 42.5 Å². The predicted molar refractivity (Wildman–Crippen MR) is 111 cm³/mol. The van der Waals surface area contributed by atoms with Gasteiger partial charge in [-0.25, -0.2) is 0 Å². The molecule has 0 radical (unpaired) electrons. The molecule has 4 rings (SSSR count). The van der Waals surface area contributed by atoms with Crippen molar-refractivity contribution in [3.05, 3.63) is 65.9 Å². The summed E-state index contributed by atoms with van der Waals surface area (Å²) in [7, 11) is 0. The average Bonchev–Trinajstić information content (AvgIpc) is 2.74. The van der Waals surface area contributed by atoms with E-state index in [9.17, 15) is 4.79 Å². The van der Waals surface area contributed by atoms with Crippen molar-refractivity contribution in [2.45, 2.75) is 19.8 Å². The van der Waals surface area contributed by atoms with Gasteiger partial charge in [0.1, 0.15) is 13.2 Å². The number of carbonyl (C=O) groups is 1. The van der Waals surface area contributed by atoms with Crippen LogP contribution < -0.4 is 20.1 Å². The number of hydrogen-bond acceptors (Lipinski definition) is 6. The van der Waals surface area contributed by atoms with E-state index in [1.54, 1.807) is 12.1 Å². The lowest BCUT2D eigenvalue weighted by atomic mass is 10.0. The molecule has 0 saturated carbocycles. The molecule has 0 unspecified atom stereocenters. The Morgan fingerprint density at radius 3 is 2.31 bits per heavy atom. The molecule has 29 heavy (non-hydrogen) atoms. The van der Waals surface area contributed by atoms with Crippen LogP contribution in [0.2, 0.25) is 0 Å². The van der Waals surface area contributed by atoms with Crippen molar-refractivity contribution < 1.29 is 14.3 Å². The van der Waals surface area contributed by atoms with Crippen LogP contribution in [0.25, 0.3) is 0 Å². The third kappa shape index (κ3) is 4.45. The fraction of sp³-hybridized carbons (Fsp3) is 0.227. The van der Waals surface area contributed by atoms with E-state index in [1.165, 1.54) is 5.56 Å². The molecule has 0 aliphatic carbocycles. The van der Waals surface area contributed by atoms with Crippen LogP contribution in [0.1, 0.15) is 35.8 Å². The number of nitrogens with one attached hydrogen (secondary N) is 2. The quantitative estimate of drug-likeness (QED) is 0.673. The van der Waals surface area contributed by atoms with E-state index in [4.69, 9.17) is 9.47 Å². The van der Waals surface area contributed by atoms with Gasteiger partial charge >= 0.3 is 0 Å². The summed E-state index contributed by atoms with van der Waals surface area (Å²) in [6.45, 7) is 5.34. The highest BCUT2D eigenvalue weighted by atomic mass is 16.6. The van der Waals surface area contributed by atoms with Crippen LogP contribution in [0.3, 0.4) is 0 Å². The van der Waals surface area contributed by atoms with E-state index in [0.29, 0.717) is 30.7 Å². The average molecular weight is 390 g/mol. The van der Waals surface area contributed by atoms with Gasteiger partial charge in [0.2, 0.25) is 0 Å². The molecular weight excluding hydrogens is 368 g/mol. The van der Waals surface area contributed by atoms with Crippen LogP contribution >= 0.6 is 0 Å². The van der Waals surface area contributed by atoms with Gasteiger partial charge in [-0.3, -0.25) is 4.79 Å². The molecule has 3 aromatic rings. The molecule has 2 N–H and O–H groups in total. The zero-order chi connectivity index (χ0) is 20.2. The summed E-state index contributed by atoms with van der Waals surface area (Å²) in [4.78, 5) is 12.4. The highest BCUT2D eigenvalue weighted by molar-refractivity contribution is 6.02. The van der Waals surface area contributed by atoms with Crippen molar-refractivity contribution in [1.29, 1.82) is 0 Å². The van der Waals surface area contributed by atoms with Gasteiger partial charge in [-0.15, -0.1) is 10.2 Å². The lowest BCUT2D eigenvalue weighted by Gasteiger charge is -2.19. The zero-order valence-electron chi connectivity index (χ0n) is 16.3. The minimum atomic E-state index is -0.305. The van der Waals surface area contributed by atoms with Gasteiger partial charge in [0, 0.05) is 17.4 Å². The number of rotatable bonds is 5. The van der Waals surface area contributed by atoms with Gasteiger partial charge in [-0.05, 0) is 47.9 Å². The normalized spacial score (nSPS) is 12.5. The Morgan fingerprint density at radius 2 is 1.62 bits per heavy atom. The Morgan fingerprint density at radius 1 is 0.897 bits per heavy atom. The van der Waals surface area contributed by atoms with Crippen LogP contribution in [0.5, 0.6) is 11.5 Å². The van der Waals surface area contributed by atoms with E-state index in [2.05, 4.69) is 34.7 Å². The highest BCUT2D eigenvalue weighted by Crippen LogP contribution is 2.33. The number of carbonyl (C=O) groups excluding carboxylic acids is 1. The van der Waals surface area contributed by atoms with E-state index < -0.39 is 0 Å². The number of aromatic nitrogens is 2. The summed E-state index contributed by atoms with van der Waals surface area (Å²) < 4.78 is 11.1. The molecule has 1 aromatic heterocycles. The van der Waals surface area contributed by atoms with Gasteiger partial charge in [0.15, 0.2) is 23.0 Å². The molecular formula is C22H22N4O3. The van der Waals surface area contributed by atoms with Gasteiger partial charge in [-0.2, -0.15) is 0 Å². The molecule has 1 aliphatic heterocycles. The Hall–Kier alpha value is -3.61. The number of ether oxygens (including phenoxy) is 2. The van der Waals surface area contributed by atoms with Crippen molar-refractivity contribution >= 4 is 23.1 Å². The monoisotopic (exact) mass is 390 g/mol. The van der Waals surface area contributed by atoms with Gasteiger partial charge in [0.25, 0.3) is 5.91 Å². The molecule has 7 nitrogen and oxygen atoms in total. The lowest BCUT2D eigenvalue weighted by molar-refractivity contribution is 0.102. The fourth-order valence-corrected chi connectivity index (χ4v) is 2.94. The fourth-order valence-electron chi connectivity index (χ4n) is 2.94. The number of nitrogens with zero attached hydrogens (tertiary/aromatic N) is 2.